The Balaban J connectivity index is 1.38. The summed E-state index contributed by atoms with van der Waals surface area (Å²) in [6, 6.07) is 33.8. The highest BCUT2D eigenvalue weighted by Gasteiger charge is 2.47. The number of rotatable bonds is 18. The highest BCUT2D eigenvalue weighted by molar-refractivity contribution is 5.96. The van der Waals surface area contributed by atoms with E-state index < -0.39 is 17.4 Å². The van der Waals surface area contributed by atoms with Crippen LogP contribution in [0, 0.1) is 0 Å². The first-order chi connectivity index (χ1) is 25.9. The van der Waals surface area contributed by atoms with Crippen LogP contribution in [-0.2, 0) is 24.5 Å². The number of unbranched alkanes of at least 4 members (excludes halogenated alkanes) is 2. The first kappa shape index (κ1) is 36.8. The van der Waals surface area contributed by atoms with E-state index in [-0.39, 0.29) is 0 Å². The molecule has 272 valence electrons. The van der Waals surface area contributed by atoms with Crippen molar-refractivity contribution >= 4 is 22.7 Å². The maximum Gasteiger partial charge on any atom is 0.330 e. The van der Waals surface area contributed by atoms with Crippen LogP contribution >= 0.6 is 0 Å². The zero-order valence-electron chi connectivity index (χ0n) is 30.2. The summed E-state index contributed by atoms with van der Waals surface area (Å²) in [7, 11) is 3.32. The molecule has 0 aliphatic heterocycles. The fraction of sp³-hybridized carbons (Fsp3) is 0.244. The minimum absolute atomic E-state index is 0.328. The SMILES string of the molecule is C=CC(=O)OCCCCOc1ccc(C2(c3ccc(OCCCCOC(=O)C=C)cc3)c3cc(OC)c(OC)cc3-c3cc4ccccc4cc32)cc1. The van der Waals surface area contributed by atoms with Crippen LogP contribution in [0.3, 0.4) is 0 Å². The van der Waals surface area contributed by atoms with Crippen LogP contribution in [0.4, 0.5) is 0 Å². The quantitative estimate of drug-likeness (QED) is 0.0496. The van der Waals surface area contributed by atoms with Crippen LogP contribution in [0.5, 0.6) is 23.0 Å². The van der Waals surface area contributed by atoms with Crippen LogP contribution < -0.4 is 18.9 Å². The average Bonchev–Trinajstić information content (AvgIpc) is 3.47. The predicted molar refractivity (Wildman–Crippen MR) is 206 cm³/mol. The van der Waals surface area contributed by atoms with Gasteiger partial charge in [0, 0.05) is 12.2 Å². The summed E-state index contributed by atoms with van der Waals surface area (Å²) in [6.07, 6.45) is 5.20. The molecule has 0 saturated carbocycles. The van der Waals surface area contributed by atoms with Crippen molar-refractivity contribution in [2.75, 3.05) is 40.6 Å². The summed E-state index contributed by atoms with van der Waals surface area (Å²) in [6.45, 7) is 8.50. The minimum atomic E-state index is -0.727. The molecule has 0 spiro atoms. The molecule has 5 aromatic carbocycles. The van der Waals surface area contributed by atoms with Gasteiger partial charge in [-0.3, -0.25) is 0 Å². The van der Waals surface area contributed by atoms with Gasteiger partial charge >= 0.3 is 11.9 Å². The van der Waals surface area contributed by atoms with E-state index >= 15 is 0 Å². The monoisotopic (exact) mass is 712 g/mol. The van der Waals surface area contributed by atoms with Gasteiger partial charge in [-0.05, 0) is 118 Å². The lowest BCUT2D eigenvalue weighted by Gasteiger charge is -2.34. The molecule has 0 amide bonds. The second-order valence-corrected chi connectivity index (χ2v) is 12.7. The fourth-order valence-electron chi connectivity index (χ4n) is 6.97. The Morgan fingerprint density at radius 1 is 0.566 bits per heavy atom. The third kappa shape index (κ3) is 7.77. The summed E-state index contributed by atoms with van der Waals surface area (Å²) >= 11 is 0. The Kier molecular flexibility index (Phi) is 11.8. The molecule has 0 unspecified atom stereocenters. The number of esters is 2. The Morgan fingerprint density at radius 2 is 1.00 bits per heavy atom. The van der Waals surface area contributed by atoms with Crippen molar-refractivity contribution in [2.24, 2.45) is 0 Å². The van der Waals surface area contributed by atoms with E-state index in [1.807, 2.05) is 24.3 Å². The second-order valence-electron chi connectivity index (χ2n) is 12.7. The Morgan fingerprint density at radius 3 is 1.49 bits per heavy atom. The van der Waals surface area contributed by atoms with E-state index in [9.17, 15) is 9.59 Å². The summed E-state index contributed by atoms with van der Waals surface area (Å²) in [5.41, 5.74) is 5.80. The maximum absolute atomic E-state index is 11.3. The molecule has 0 heterocycles. The van der Waals surface area contributed by atoms with Gasteiger partial charge in [-0.2, -0.15) is 0 Å². The van der Waals surface area contributed by atoms with E-state index in [0.29, 0.717) is 50.8 Å². The van der Waals surface area contributed by atoms with E-state index in [2.05, 4.69) is 86.0 Å². The molecule has 6 rings (SSSR count). The van der Waals surface area contributed by atoms with Crippen molar-refractivity contribution in [3.63, 3.8) is 0 Å². The lowest BCUT2D eigenvalue weighted by molar-refractivity contribution is -0.138. The molecule has 8 nitrogen and oxygen atoms in total. The number of ether oxygens (including phenoxy) is 6. The molecule has 0 fully saturated rings. The summed E-state index contributed by atoms with van der Waals surface area (Å²) < 4.78 is 34.1. The van der Waals surface area contributed by atoms with Gasteiger partial charge in [0.1, 0.15) is 11.5 Å². The molecular weight excluding hydrogens is 668 g/mol. The molecule has 53 heavy (non-hydrogen) atoms. The van der Waals surface area contributed by atoms with Crippen molar-refractivity contribution < 1.29 is 38.0 Å². The number of methoxy groups -OCH3 is 2. The molecule has 0 N–H and O–H groups in total. The van der Waals surface area contributed by atoms with Crippen LogP contribution in [0.1, 0.15) is 47.9 Å². The number of carbonyl (C=O) groups excluding carboxylic acids is 2. The van der Waals surface area contributed by atoms with Crippen LogP contribution in [0.15, 0.2) is 122 Å². The van der Waals surface area contributed by atoms with Crippen molar-refractivity contribution in [1.82, 2.24) is 0 Å². The van der Waals surface area contributed by atoms with Gasteiger partial charge in [0.05, 0.1) is 46.1 Å². The van der Waals surface area contributed by atoms with E-state index in [0.717, 1.165) is 68.5 Å². The minimum Gasteiger partial charge on any atom is -0.494 e. The van der Waals surface area contributed by atoms with E-state index in [1.165, 1.54) is 12.2 Å². The number of hydrogen-bond acceptors (Lipinski definition) is 8. The van der Waals surface area contributed by atoms with E-state index in [1.54, 1.807) is 14.2 Å². The van der Waals surface area contributed by atoms with Gasteiger partial charge in [0.15, 0.2) is 11.5 Å². The molecule has 5 aromatic rings. The molecule has 0 saturated heterocycles. The van der Waals surface area contributed by atoms with Crippen LogP contribution in [0.25, 0.3) is 21.9 Å². The molecule has 1 aliphatic carbocycles. The first-order valence-corrected chi connectivity index (χ1v) is 17.8. The van der Waals surface area contributed by atoms with Gasteiger partial charge in [-0.15, -0.1) is 0 Å². The molecular formula is C45H44O8. The Hall–Kier alpha value is -6.02. The van der Waals surface area contributed by atoms with Crippen molar-refractivity contribution in [3.8, 4) is 34.1 Å². The maximum atomic E-state index is 11.3. The van der Waals surface area contributed by atoms with Crippen molar-refractivity contribution in [1.29, 1.82) is 0 Å². The highest BCUT2D eigenvalue weighted by atomic mass is 16.5. The highest BCUT2D eigenvalue weighted by Crippen LogP contribution is 2.59. The number of carbonyl (C=O) groups is 2. The summed E-state index contributed by atoms with van der Waals surface area (Å²) in [4.78, 5) is 22.7. The van der Waals surface area contributed by atoms with Gasteiger partial charge in [0.25, 0.3) is 0 Å². The van der Waals surface area contributed by atoms with Gasteiger partial charge in [-0.1, -0.05) is 61.7 Å². The molecule has 1 aliphatic rings. The van der Waals surface area contributed by atoms with E-state index in [4.69, 9.17) is 28.4 Å². The molecule has 0 bridgehead atoms. The summed E-state index contributed by atoms with van der Waals surface area (Å²) in [5, 5.41) is 2.29. The smallest absolute Gasteiger partial charge is 0.330 e. The standard InChI is InChI=1S/C45H44O8/c1-5-43(46)52-25-11-9-23-50-35-19-15-33(16-20-35)45(34-17-21-36(22-18-34)51-24-10-12-26-53-44(47)6-2)39-28-32-14-8-7-13-31(32)27-37(39)38-29-41(48-3)42(49-4)30-40(38)45/h5-8,13-22,27-30H,1-2,9-12,23-26H2,3-4H3. The largest absolute Gasteiger partial charge is 0.494 e. The normalized spacial score (nSPS) is 12.3. The number of hydrogen-bond donors (Lipinski definition) is 0. The second kappa shape index (κ2) is 17.0. The Bertz CT molecular complexity index is 2010. The zero-order chi connectivity index (χ0) is 37.2. The zero-order valence-corrected chi connectivity index (χ0v) is 30.2. The fourth-order valence-corrected chi connectivity index (χ4v) is 6.97. The lowest BCUT2D eigenvalue weighted by Crippen LogP contribution is -2.28. The first-order valence-electron chi connectivity index (χ1n) is 17.8. The third-order valence-electron chi connectivity index (χ3n) is 9.52. The number of fused-ring (bicyclic) bond motifs is 4. The van der Waals surface area contributed by atoms with Crippen molar-refractivity contribution in [3.05, 3.63) is 145 Å². The van der Waals surface area contributed by atoms with Gasteiger partial charge in [0.2, 0.25) is 0 Å². The topological polar surface area (TPSA) is 89.5 Å². The van der Waals surface area contributed by atoms with Crippen molar-refractivity contribution in [2.45, 2.75) is 31.1 Å². The predicted octanol–water partition coefficient (Wildman–Crippen LogP) is 9.00. The van der Waals surface area contributed by atoms with Crippen LogP contribution in [-0.4, -0.2) is 52.6 Å². The molecule has 0 radical (unpaired) electrons. The third-order valence-corrected chi connectivity index (χ3v) is 9.52. The van der Waals surface area contributed by atoms with Gasteiger partial charge < -0.3 is 28.4 Å². The lowest BCUT2D eigenvalue weighted by atomic mass is 9.67. The molecule has 8 heteroatoms. The van der Waals surface area contributed by atoms with Crippen LogP contribution in [0.2, 0.25) is 0 Å². The average molecular weight is 713 g/mol. The summed E-state index contributed by atoms with van der Waals surface area (Å²) in [5.74, 6) is 1.96. The molecule has 0 aromatic heterocycles. The number of benzene rings is 5. The van der Waals surface area contributed by atoms with Gasteiger partial charge in [-0.25, -0.2) is 9.59 Å². The Labute approximate surface area is 310 Å². The molecule has 0 atom stereocenters.